The molecule has 0 aromatic heterocycles. The fourth-order valence-electron chi connectivity index (χ4n) is 1.53. The molecule has 0 atom stereocenters. The van der Waals surface area contributed by atoms with Gasteiger partial charge < -0.3 is 0 Å². The number of hydrogen-bond acceptors (Lipinski definition) is 3. The summed E-state index contributed by atoms with van der Waals surface area (Å²) in [7, 11) is 0. The van der Waals surface area contributed by atoms with Gasteiger partial charge in [0, 0.05) is 36.3 Å². The Morgan fingerprint density at radius 2 is 0.667 bits per heavy atom. The zero-order chi connectivity index (χ0) is 15.8. The zero-order valence-electron chi connectivity index (χ0n) is 11.0. The lowest BCUT2D eigenvalue weighted by atomic mass is 10.2. The standard InChI is InChI=1S/C18H9N3/c1-7-19(8-2)16-13-17(20(9-3)10-4)15-18(14-16)21(11-5)12-6/h1-6,13-15H. The summed E-state index contributed by atoms with van der Waals surface area (Å²) in [5.74, 6) is 0. The Bertz CT molecular complexity index is 628. The van der Waals surface area contributed by atoms with Gasteiger partial charge in [0.2, 0.25) is 0 Å². The summed E-state index contributed by atoms with van der Waals surface area (Å²) >= 11 is 0. The van der Waals surface area contributed by atoms with Gasteiger partial charge in [-0.15, -0.1) is 0 Å². The molecule has 0 saturated carbocycles. The van der Waals surface area contributed by atoms with Gasteiger partial charge in [-0.05, 0) is 18.2 Å². The Balaban J connectivity index is 3.58. The van der Waals surface area contributed by atoms with Crippen LogP contribution in [0.3, 0.4) is 0 Å². The molecular weight excluding hydrogens is 258 g/mol. The van der Waals surface area contributed by atoms with Crippen LogP contribution in [0.2, 0.25) is 0 Å². The molecule has 1 rings (SSSR count). The van der Waals surface area contributed by atoms with Gasteiger partial charge in [0.1, 0.15) is 0 Å². The summed E-state index contributed by atoms with van der Waals surface area (Å²) in [4.78, 5) is 3.64. The average molecular weight is 267 g/mol. The molecule has 0 N–H and O–H groups in total. The van der Waals surface area contributed by atoms with E-state index >= 15 is 0 Å². The van der Waals surface area contributed by atoms with E-state index < -0.39 is 0 Å². The third kappa shape index (κ3) is 3.05. The van der Waals surface area contributed by atoms with Crippen LogP contribution in [0.15, 0.2) is 18.2 Å². The van der Waals surface area contributed by atoms with Crippen LogP contribution in [-0.2, 0) is 0 Å². The van der Waals surface area contributed by atoms with Crippen LogP contribution < -0.4 is 14.7 Å². The molecular formula is C18H9N3. The minimum atomic E-state index is 0.485. The molecule has 0 aliphatic rings. The van der Waals surface area contributed by atoms with E-state index in [1.165, 1.54) is 14.7 Å². The SMILES string of the molecule is C#CN(C#C)c1cc(N(C#C)C#C)cc(N(C#C)C#C)c1. The molecule has 1 aromatic carbocycles. The average Bonchev–Trinajstić information content (AvgIpc) is 2.51. The van der Waals surface area contributed by atoms with Gasteiger partial charge >= 0.3 is 0 Å². The normalized spacial score (nSPS) is 7.71. The van der Waals surface area contributed by atoms with E-state index in [9.17, 15) is 0 Å². The van der Waals surface area contributed by atoms with Crippen molar-refractivity contribution in [3.05, 3.63) is 18.2 Å². The second-order valence-corrected chi connectivity index (χ2v) is 3.49. The second kappa shape index (κ2) is 6.79. The summed E-state index contributed by atoms with van der Waals surface area (Å²) in [6, 6.07) is 18.9. The lowest BCUT2D eigenvalue weighted by Gasteiger charge is -2.18. The van der Waals surface area contributed by atoms with E-state index in [0.717, 1.165) is 0 Å². The molecule has 0 radical (unpaired) electrons. The number of benzene rings is 1. The third-order valence-corrected chi connectivity index (χ3v) is 2.44. The van der Waals surface area contributed by atoms with Crippen LogP contribution >= 0.6 is 0 Å². The first-order valence-electron chi connectivity index (χ1n) is 5.48. The first-order chi connectivity index (χ1) is 10.1. The van der Waals surface area contributed by atoms with Crippen LogP contribution in [-0.4, -0.2) is 0 Å². The second-order valence-electron chi connectivity index (χ2n) is 3.49. The summed E-state index contributed by atoms with van der Waals surface area (Å²) in [6.07, 6.45) is 32.1. The van der Waals surface area contributed by atoms with Gasteiger partial charge in [0.15, 0.2) is 0 Å². The molecule has 0 amide bonds. The summed E-state index contributed by atoms with van der Waals surface area (Å²) in [5.41, 5.74) is 1.45. The molecule has 3 heteroatoms. The molecule has 21 heavy (non-hydrogen) atoms. The Kier molecular flexibility index (Phi) is 4.86. The zero-order valence-corrected chi connectivity index (χ0v) is 11.0. The Morgan fingerprint density at radius 1 is 0.476 bits per heavy atom. The Morgan fingerprint density at radius 3 is 0.810 bits per heavy atom. The Labute approximate surface area is 125 Å². The van der Waals surface area contributed by atoms with Crippen molar-refractivity contribution in [3.8, 4) is 74.8 Å². The van der Waals surface area contributed by atoms with Crippen LogP contribution in [0, 0.1) is 74.8 Å². The summed E-state index contributed by atoms with van der Waals surface area (Å²) in [6.45, 7) is 0. The maximum Gasteiger partial charge on any atom is 0.0679 e. The lowest BCUT2D eigenvalue weighted by Crippen LogP contribution is -2.14. The van der Waals surface area contributed by atoms with Crippen LogP contribution in [0.1, 0.15) is 0 Å². The van der Waals surface area contributed by atoms with Crippen molar-refractivity contribution >= 4 is 17.1 Å². The molecule has 0 aliphatic carbocycles. The number of terminal acetylenes is 6. The number of nitrogens with zero attached hydrogens (tertiary/aromatic N) is 3. The highest BCUT2D eigenvalue weighted by Gasteiger charge is 2.11. The first kappa shape index (κ1) is 15.0. The van der Waals surface area contributed by atoms with Crippen molar-refractivity contribution in [2.24, 2.45) is 0 Å². The van der Waals surface area contributed by atoms with E-state index in [0.29, 0.717) is 17.1 Å². The minimum absolute atomic E-state index is 0.485. The monoisotopic (exact) mass is 267 g/mol. The molecule has 0 fully saturated rings. The highest BCUT2D eigenvalue weighted by molar-refractivity contribution is 5.76. The van der Waals surface area contributed by atoms with Crippen molar-refractivity contribution in [1.29, 1.82) is 0 Å². The van der Waals surface area contributed by atoms with Crippen LogP contribution in [0.25, 0.3) is 0 Å². The van der Waals surface area contributed by atoms with Crippen molar-refractivity contribution < 1.29 is 0 Å². The highest BCUT2D eigenvalue weighted by Crippen LogP contribution is 2.29. The molecule has 1 aromatic rings. The highest BCUT2D eigenvalue weighted by atomic mass is 15.1. The fourth-order valence-corrected chi connectivity index (χ4v) is 1.53. The summed E-state index contributed by atoms with van der Waals surface area (Å²) < 4.78 is 0. The van der Waals surface area contributed by atoms with Gasteiger partial charge in [-0.2, -0.15) is 0 Å². The van der Waals surface area contributed by atoms with Crippen molar-refractivity contribution in [2.75, 3.05) is 14.7 Å². The fraction of sp³-hybridized carbons (Fsp3) is 0. The van der Waals surface area contributed by atoms with Gasteiger partial charge in [0.05, 0.1) is 17.1 Å². The summed E-state index contributed by atoms with van der Waals surface area (Å²) in [5, 5.41) is 0. The predicted octanol–water partition coefficient (Wildman–Crippen LogP) is 1.65. The van der Waals surface area contributed by atoms with E-state index in [4.69, 9.17) is 38.5 Å². The minimum Gasteiger partial charge on any atom is -0.228 e. The third-order valence-electron chi connectivity index (χ3n) is 2.44. The molecule has 0 heterocycles. The molecule has 0 aliphatic heterocycles. The number of rotatable bonds is 3. The van der Waals surface area contributed by atoms with Gasteiger partial charge in [-0.25, -0.2) is 14.7 Å². The maximum atomic E-state index is 5.34. The maximum absolute atomic E-state index is 5.34. The van der Waals surface area contributed by atoms with Gasteiger partial charge in [0.25, 0.3) is 0 Å². The number of hydrogen-bond donors (Lipinski definition) is 0. The van der Waals surface area contributed by atoms with Gasteiger partial charge in [-0.3, -0.25) is 0 Å². The van der Waals surface area contributed by atoms with Crippen LogP contribution in [0.5, 0.6) is 0 Å². The van der Waals surface area contributed by atoms with Crippen molar-refractivity contribution in [1.82, 2.24) is 0 Å². The molecule has 96 valence electrons. The molecule has 3 nitrogen and oxygen atoms in total. The van der Waals surface area contributed by atoms with Crippen LogP contribution in [0.4, 0.5) is 17.1 Å². The van der Waals surface area contributed by atoms with Gasteiger partial charge in [-0.1, -0.05) is 38.5 Å². The smallest absolute Gasteiger partial charge is 0.0679 e. The first-order valence-corrected chi connectivity index (χ1v) is 5.48. The molecule has 0 unspecified atom stereocenters. The number of anilines is 3. The topological polar surface area (TPSA) is 9.72 Å². The quantitative estimate of drug-likeness (QED) is 0.609. The lowest BCUT2D eigenvalue weighted by molar-refractivity contribution is 1.31. The Hall–Kier alpha value is -4.02. The van der Waals surface area contributed by atoms with E-state index in [-0.39, 0.29) is 0 Å². The molecule has 0 spiro atoms. The van der Waals surface area contributed by atoms with E-state index in [1.54, 1.807) is 18.2 Å². The molecule has 0 bridgehead atoms. The van der Waals surface area contributed by atoms with Crippen molar-refractivity contribution in [3.63, 3.8) is 0 Å². The van der Waals surface area contributed by atoms with E-state index in [2.05, 4.69) is 36.3 Å². The largest absolute Gasteiger partial charge is 0.228 e. The predicted molar refractivity (Wildman–Crippen MR) is 86.9 cm³/mol. The van der Waals surface area contributed by atoms with Crippen molar-refractivity contribution in [2.45, 2.75) is 0 Å². The molecule has 0 saturated heterocycles. The van der Waals surface area contributed by atoms with E-state index in [1.807, 2.05) is 0 Å².